The van der Waals surface area contributed by atoms with Gasteiger partial charge in [0.1, 0.15) is 0 Å². The Kier molecular flexibility index (Phi) is 5.37. The van der Waals surface area contributed by atoms with Crippen LogP contribution in [0.4, 0.5) is 5.69 Å². The van der Waals surface area contributed by atoms with Crippen molar-refractivity contribution in [2.24, 2.45) is 13.0 Å². The Hall–Kier alpha value is -2.67. The molecule has 2 aromatic rings. The number of nitrogens with zero attached hydrogens (tertiary/aromatic N) is 2. The molecule has 0 unspecified atom stereocenters. The Balaban J connectivity index is 1.76. The summed E-state index contributed by atoms with van der Waals surface area (Å²) in [6.07, 6.45) is 3.75. The van der Waals surface area contributed by atoms with Crippen LogP contribution in [0.1, 0.15) is 35.7 Å². The highest BCUT2D eigenvalue weighted by Gasteiger charge is 2.35. The largest absolute Gasteiger partial charge is 0.350 e. The van der Waals surface area contributed by atoms with Crippen LogP contribution in [-0.4, -0.2) is 40.7 Å². The molecule has 1 saturated heterocycles. The molecule has 0 radical (unpaired) electrons. The van der Waals surface area contributed by atoms with Gasteiger partial charge in [-0.05, 0) is 31.5 Å². The zero-order valence-corrected chi connectivity index (χ0v) is 15.3. The standard InChI is InChI=1S/C19H25N5O2/c1-12(2)22-18(25)14-6-4-5-7-17(14)23-19(26)16-10-20-9-15(16)13-8-21-24(3)11-13/h4-8,11-12,15-16,20H,9-10H2,1-3H3,(H,22,25)(H,23,26)/t15-,16+/m1/s1. The van der Waals surface area contributed by atoms with Crippen LogP contribution < -0.4 is 16.0 Å². The number of carbonyl (C=O) groups excluding carboxylic acids is 2. The van der Waals surface area contributed by atoms with E-state index in [1.807, 2.05) is 39.4 Å². The molecule has 3 rings (SSSR count). The average Bonchev–Trinajstić information content (AvgIpc) is 3.23. The number of para-hydroxylation sites is 1. The molecule has 7 heteroatoms. The minimum Gasteiger partial charge on any atom is -0.350 e. The van der Waals surface area contributed by atoms with Gasteiger partial charge in [-0.2, -0.15) is 5.10 Å². The van der Waals surface area contributed by atoms with E-state index in [1.54, 1.807) is 22.9 Å². The molecule has 0 bridgehead atoms. The fraction of sp³-hybridized carbons (Fsp3) is 0.421. The van der Waals surface area contributed by atoms with E-state index in [9.17, 15) is 9.59 Å². The van der Waals surface area contributed by atoms with E-state index >= 15 is 0 Å². The van der Waals surface area contributed by atoms with Gasteiger partial charge in [-0.15, -0.1) is 0 Å². The fourth-order valence-electron chi connectivity index (χ4n) is 3.29. The van der Waals surface area contributed by atoms with Gasteiger partial charge in [-0.1, -0.05) is 12.1 Å². The first-order valence-corrected chi connectivity index (χ1v) is 8.85. The van der Waals surface area contributed by atoms with Crippen molar-refractivity contribution in [2.75, 3.05) is 18.4 Å². The van der Waals surface area contributed by atoms with Crippen molar-refractivity contribution in [3.8, 4) is 0 Å². The Bertz CT molecular complexity index is 799. The maximum absolute atomic E-state index is 12.9. The summed E-state index contributed by atoms with van der Waals surface area (Å²) in [4.78, 5) is 25.3. The van der Waals surface area contributed by atoms with Crippen molar-refractivity contribution in [1.29, 1.82) is 0 Å². The SMILES string of the molecule is CC(C)NC(=O)c1ccccc1NC(=O)[C@H]1CNC[C@@H]1c1cnn(C)c1. The van der Waals surface area contributed by atoms with Crippen molar-refractivity contribution in [3.05, 3.63) is 47.8 Å². The van der Waals surface area contributed by atoms with Gasteiger partial charge in [0.15, 0.2) is 0 Å². The van der Waals surface area contributed by atoms with Gasteiger partial charge >= 0.3 is 0 Å². The summed E-state index contributed by atoms with van der Waals surface area (Å²) < 4.78 is 1.74. The molecule has 2 amide bonds. The highest BCUT2D eigenvalue weighted by Crippen LogP contribution is 2.29. The Morgan fingerprint density at radius 2 is 2.04 bits per heavy atom. The molecule has 2 atom stereocenters. The van der Waals surface area contributed by atoms with E-state index in [0.717, 1.165) is 12.1 Å². The summed E-state index contributed by atoms with van der Waals surface area (Å²) in [6.45, 7) is 5.15. The molecule has 0 spiro atoms. The molecule has 1 aliphatic heterocycles. The first-order valence-electron chi connectivity index (χ1n) is 8.85. The number of carbonyl (C=O) groups is 2. The number of anilines is 1. The molecule has 3 N–H and O–H groups in total. The molecule has 1 fully saturated rings. The number of hydrogen-bond donors (Lipinski definition) is 3. The molecule has 26 heavy (non-hydrogen) atoms. The third-order valence-corrected chi connectivity index (χ3v) is 4.55. The number of aryl methyl sites for hydroxylation is 1. The van der Waals surface area contributed by atoms with Crippen molar-refractivity contribution >= 4 is 17.5 Å². The van der Waals surface area contributed by atoms with Gasteiger partial charge in [0, 0.05) is 38.3 Å². The zero-order valence-electron chi connectivity index (χ0n) is 15.3. The highest BCUT2D eigenvalue weighted by atomic mass is 16.2. The quantitative estimate of drug-likeness (QED) is 0.758. The Labute approximate surface area is 153 Å². The summed E-state index contributed by atoms with van der Waals surface area (Å²) >= 11 is 0. The molecular formula is C19H25N5O2. The minimum atomic E-state index is -0.208. The van der Waals surface area contributed by atoms with E-state index in [2.05, 4.69) is 21.0 Å². The maximum Gasteiger partial charge on any atom is 0.253 e. The number of hydrogen-bond acceptors (Lipinski definition) is 4. The van der Waals surface area contributed by atoms with Crippen LogP contribution in [0.25, 0.3) is 0 Å². The predicted octanol–water partition coefficient (Wildman–Crippen LogP) is 1.50. The minimum absolute atomic E-state index is 0.0280. The van der Waals surface area contributed by atoms with Crippen molar-refractivity contribution in [1.82, 2.24) is 20.4 Å². The number of rotatable bonds is 5. The second-order valence-electron chi connectivity index (χ2n) is 6.98. The highest BCUT2D eigenvalue weighted by molar-refractivity contribution is 6.04. The number of amides is 2. The first kappa shape index (κ1) is 18.1. The fourth-order valence-corrected chi connectivity index (χ4v) is 3.29. The molecule has 138 valence electrons. The molecule has 1 aliphatic rings. The normalized spacial score (nSPS) is 19.5. The second-order valence-corrected chi connectivity index (χ2v) is 6.98. The summed E-state index contributed by atoms with van der Waals surface area (Å²) in [7, 11) is 1.87. The molecule has 2 heterocycles. The van der Waals surface area contributed by atoms with Crippen molar-refractivity contribution in [2.45, 2.75) is 25.8 Å². The van der Waals surface area contributed by atoms with Crippen molar-refractivity contribution in [3.63, 3.8) is 0 Å². The van der Waals surface area contributed by atoms with Gasteiger partial charge in [-0.25, -0.2) is 0 Å². The topological polar surface area (TPSA) is 88.1 Å². The molecule has 0 aliphatic carbocycles. The lowest BCUT2D eigenvalue weighted by Crippen LogP contribution is -2.32. The summed E-state index contributed by atoms with van der Waals surface area (Å²) in [5, 5.41) is 13.3. The van der Waals surface area contributed by atoms with E-state index in [1.165, 1.54) is 0 Å². The molecule has 1 aromatic carbocycles. The Morgan fingerprint density at radius 1 is 1.27 bits per heavy atom. The molecule has 1 aromatic heterocycles. The monoisotopic (exact) mass is 355 g/mol. The number of benzene rings is 1. The van der Waals surface area contributed by atoms with E-state index in [-0.39, 0.29) is 29.7 Å². The van der Waals surface area contributed by atoms with Crippen LogP contribution >= 0.6 is 0 Å². The lowest BCUT2D eigenvalue weighted by atomic mass is 9.90. The number of aromatic nitrogens is 2. The van der Waals surface area contributed by atoms with Crippen LogP contribution in [-0.2, 0) is 11.8 Å². The maximum atomic E-state index is 12.9. The zero-order chi connectivity index (χ0) is 18.7. The van der Waals surface area contributed by atoms with Crippen molar-refractivity contribution < 1.29 is 9.59 Å². The smallest absolute Gasteiger partial charge is 0.253 e. The molecule has 7 nitrogen and oxygen atoms in total. The molecular weight excluding hydrogens is 330 g/mol. The predicted molar refractivity (Wildman–Crippen MR) is 100.0 cm³/mol. The van der Waals surface area contributed by atoms with Crippen LogP contribution in [0.5, 0.6) is 0 Å². The lowest BCUT2D eigenvalue weighted by molar-refractivity contribution is -0.119. The Morgan fingerprint density at radius 3 is 2.73 bits per heavy atom. The van der Waals surface area contributed by atoms with E-state index in [0.29, 0.717) is 17.8 Å². The van der Waals surface area contributed by atoms with Gasteiger partial charge in [0.2, 0.25) is 5.91 Å². The summed E-state index contributed by atoms with van der Waals surface area (Å²) in [6, 6.07) is 7.11. The number of nitrogens with one attached hydrogen (secondary N) is 3. The second kappa shape index (κ2) is 7.70. The van der Waals surface area contributed by atoms with Crippen LogP contribution in [0.15, 0.2) is 36.7 Å². The van der Waals surface area contributed by atoms with Crippen LogP contribution in [0.2, 0.25) is 0 Å². The summed E-state index contributed by atoms with van der Waals surface area (Å²) in [5.41, 5.74) is 2.05. The van der Waals surface area contributed by atoms with E-state index in [4.69, 9.17) is 0 Å². The molecule has 0 saturated carbocycles. The third kappa shape index (κ3) is 3.94. The van der Waals surface area contributed by atoms with Gasteiger partial charge in [0.05, 0.1) is 23.4 Å². The third-order valence-electron chi connectivity index (χ3n) is 4.55. The van der Waals surface area contributed by atoms with Gasteiger partial charge in [0.25, 0.3) is 5.91 Å². The first-order chi connectivity index (χ1) is 12.5. The summed E-state index contributed by atoms with van der Waals surface area (Å²) in [5.74, 6) is -0.418. The van der Waals surface area contributed by atoms with Crippen LogP contribution in [0, 0.1) is 5.92 Å². The van der Waals surface area contributed by atoms with Crippen LogP contribution in [0.3, 0.4) is 0 Å². The average molecular weight is 355 g/mol. The lowest BCUT2D eigenvalue weighted by Gasteiger charge is -2.18. The van der Waals surface area contributed by atoms with Gasteiger partial charge < -0.3 is 16.0 Å². The van der Waals surface area contributed by atoms with Gasteiger partial charge in [-0.3, -0.25) is 14.3 Å². The van der Waals surface area contributed by atoms with E-state index < -0.39 is 0 Å².